The van der Waals surface area contributed by atoms with Crippen LogP contribution >= 0.6 is 0 Å². The molecule has 5 heteroatoms. The van der Waals surface area contributed by atoms with E-state index in [0.29, 0.717) is 5.82 Å². The molecule has 0 bridgehead atoms. The van der Waals surface area contributed by atoms with E-state index in [1.165, 1.54) is 0 Å². The highest BCUT2D eigenvalue weighted by atomic mass is 16.4. The van der Waals surface area contributed by atoms with Crippen molar-refractivity contribution < 1.29 is 15.0 Å². The second-order valence-electron chi connectivity index (χ2n) is 4.93. The minimum atomic E-state index is -0.930. The van der Waals surface area contributed by atoms with Gasteiger partial charge in [-0.2, -0.15) is 0 Å². The monoisotopic (exact) mass is 264 g/mol. The molecule has 1 aliphatic heterocycles. The maximum atomic E-state index is 11.2. The number of hydrogen-bond acceptors (Lipinski definition) is 4. The summed E-state index contributed by atoms with van der Waals surface area (Å²) in [6, 6.07) is 3.31. The number of aryl methyl sites for hydroxylation is 1. The Morgan fingerprint density at radius 2 is 2.32 bits per heavy atom. The highest BCUT2D eigenvalue weighted by Crippen LogP contribution is 2.25. The van der Waals surface area contributed by atoms with E-state index in [4.69, 9.17) is 0 Å². The molecule has 2 heterocycles. The Morgan fingerprint density at radius 3 is 2.95 bits per heavy atom. The van der Waals surface area contributed by atoms with Gasteiger partial charge in [-0.25, -0.2) is 9.78 Å². The number of carbonyl (C=O) groups is 1. The van der Waals surface area contributed by atoms with E-state index in [-0.39, 0.29) is 18.2 Å². The lowest BCUT2D eigenvalue weighted by Gasteiger charge is -2.24. The Morgan fingerprint density at radius 1 is 1.53 bits per heavy atom. The van der Waals surface area contributed by atoms with Crippen LogP contribution in [-0.2, 0) is 6.42 Å². The van der Waals surface area contributed by atoms with Gasteiger partial charge in [-0.1, -0.05) is 13.3 Å². The number of pyridine rings is 1. The molecule has 1 saturated heterocycles. The van der Waals surface area contributed by atoms with E-state index in [9.17, 15) is 15.0 Å². The number of rotatable bonds is 5. The number of nitrogens with zero attached hydrogens (tertiary/aromatic N) is 2. The lowest BCUT2D eigenvalue weighted by Crippen LogP contribution is -2.33. The highest BCUT2D eigenvalue weighted by Gasteiger charge is 2.25. The zero-order valence-corrected chi connectivity index (χ0v) is 11.2. The molecule has 1 atom stereocenters. The Balaban J connectivity index is 2.35. The van der Waals surface area contributed by atoms with E-state index < -0.39 is 5.97 Å². The molecular formula is C14H20N2O3. The van der Waals surface area contributed by atoms with Crippen molar-refractivity contribution in [2.45, 2.75) is 38.6 Å². The molecule has 1 aromatic rings. The molecule has 1 aromatic heterocycles. The standard InChI is InChI=1S/C14H20N2O3/c1-2-4-11-7-10(14(18)19)8-13(15-11)16-6-3-5-12(16)9-17/h7-8,12,17H,2-6,9H2,1H3,(H,18,19). The van der Waals surface area contributed by atoms with Crippen LogP contribution < -0.4 is 4.90 Å². The third kappa shape index (κ3) is 3.04. The minimum Gasteiger partial charge on any atom is -0.478 e. The molecule has 1 fully saturated rings. The third-order valence-corrected chi connectivity index (χ3v) is 3.50. The number of hydrogen-bond donors (Lipinski definition) is 2. The van der Waals surface area contributed by atoms with Gasteiger partial charge >= 0.3 is 5.97 Å². The first-order valence-corrected chi connectivity index (χ1v) is 6.77. The van der Waals surface area contributed by atoms with Gasteiger partial charge in [-0.15, -0.1) is 0 Å². The molecular weight excluding hydrogens is 244 g/mol. The highest BCUT2D eigenvalue weighted by molar-refractivity contribution is 5.88. The Hall–Kier alpha value is -1.62. The topological polar surface area (TPSA) is 73.7 Å². The SMILES string of the molecule is CCCc1cc(C(=O)O)cc(N2CCCC2CO)n1. The number of aromatic nitrogens is 1. The number of anilines is 1. The Bertz CT molecular complexity index is 462. The van der Waals surface area contributed by atoms with Gasteiger partial charge in [0.2, 0.25) is 0 Å². The van der Waals surface area contributed by atoms with Crippen molar-refractivity contribution in [3.8, 4) is 0 Å². The largest absolute Gasteiger partial charge is 0.478 e. The molecule has 2 N–H and O–H groups in total. The molecule has 0 spiro atoms. The molecule has 1 aliphatic rings. The van der Waals surface area contributed by atoms with E-state index >= 15 is 0 Å². The average Bonchev–Trinajstić information content (AvgIpc) is 2.87. The van der Waals surface area contributed by atoms with Crippen LogP contribution in [0.1, 0.15) is 42.2 Å². The zero-order valence-electron chi connectivity index (χ0n) is 11.2. The molecule has 0 saturated carbocycles. The van der Waals surface area contributed by atoms with Gasteiger partial charge in [0, 0.05) is 12.2 Å². The summed E-state index contributed by atoms with van der Waals surface area (Å²) >= 11 is 0. The first-order valence-electron chi connectivity index (χ1n) is 6.77. The van der Waals surface area contributed by atoms with Crippen LogP contribution in [0.2, 0.25) is 0 Å². The van der Waals surface area contributed by atoms with Crippen molar-refractivity contribution in [2.75, 3.05) is 18.1 Å². The minimum absolute atomic E-state index is 0.0611. The number of carboxylic acid groups (broad SMARTS) is 1. The van der Waals surface area contributed by atoms with Crippen molar-refractivity contribution in [2.24, 2.45) is 0 Å². The summed E-state index contributed by atoms with van der Waals surface area (Å²) in [7, 11) is 0. The average molecular weight is 264 g/mol. The maximum absolute atomic E-state index is 11.2. The molecule has 19 heavy (non-hydrogen) atoms. The van der Waals surface area contributed by atoms with Crippen molar-refractivity contribution in [3.63, 3.8) is 0 Å². The van der Waals surface area contributed by atoms with Crippen LogP contribution in [0, 0.1) is 0 Å². The van der Waals surface area contributed by atoms with Gasteiger partial charge in [-0.05, 0) is 31.4 Å². The fourth-order valence-corrected chi connectivity index (χ4v) is 2.55. The van der Waals surface area contributed by atoms with Gasteiger partial charge in [0.25, 0.3) is 0 Å². The lowest BCUT2D eigenvalue weighted by molar-refractivity contribution is 0.0696. The molecule has 0 radical (unpaired) electrons. The van der Waals surface area contributed by atoms with Crippen molar-refractivity contribution in [1.82, 2.24) is 4.98 Å². The quantitative estimate of drug-likeness (QED) is 0.846. The zero-order chi connectivity index (χ0) is 13.8. The predicted octanol–water partition coefficient (Wildman–Crippen LogP) is 1.69. The first-order chi connectivity index (χ1) is 9.15. The lowest BCUT2D eigenvalue weighted by atomic mass is 10.1. The second-order valence-corrected chi connectivity index (χ2v) is 4.93. The normalized spacial score (nSPS) is 18.8. The van der Waals surface area contributed by atoms with Crippen molar-refractivity contribution >= 4 is 11.8 Å². The van der Waals surface area contributed by atoms with E-state index in [1.807, 2.05) is 11.8 Å². The summed E-state index contributed by atoms with van der Waals surface area (Å²) in [6.07, 6.45) is 3.64. The van der Waals surface area contributed by atoms with E-state index in [0.717, 1.165) is 37.9 Å². The van der Waals surface area contributed by atoms with Crippen molar-refractivity contribution in [1.29, 1.82) is 0 Å². The summed E-state index contributed by atoms with van der Waals surface area (Å²) in [4.78, 5) is 17.7. The molecule has 0 aliphatic carbocycles. The molecule has 104 valence electrons. The fourth-order valence-electron chi connectivity index (χ4n) is 2.55. The van der Waals surface area contributed by atoms with Gasteiger partial charge in [0.15, 0.2) is 0 Å². The Labute approximate surface area is 112 Å². The number of aromatic carboxylic acids is 1. The van der Waals surface area contributed by atoms with E-state index in [1.54, 1.807) is 12.1 Å². The summed E-state index contributed by atoms with van der Waals surface area (Å²) in [5, 5.41) is 18.5. The summed E-state index contributed by atoms with van der Waals surface area (Å²) in [5.74, 6) is -0.249. The predicted molar refractivity (Wildman–Crippen MR) is 72.6 cm³/mol. The molecule has 0 amide bonds. The Kier molecular flexibility index (Phi) is 4.37. The number of aliphatic hydroxyl groups excluding tert-OH is 1. The maximum Gasteiger partial charge on any atom is 0.335 e. The summed E-state index contributed by atoms with van der Waals surface area (Å²) in [6.45, 7) is 2.95. The van der Waals surface area contributed by atoms with Gasteiger partial charge in [0.05, 0.1) is 18.2 Å². The van der Waals surface area contributed by atoms with Crippen LogP contribution in [-0.4, -0.2) is 40.4 Å². The van der Waals surface area contributed by atoms with Crippen LogP contribution in [0.5, 0.6) is 0 Å². The van der Waals surface area contributed by atoms with Gasteiger partial charge in [0.1, 0.15) is 5.82 Å². The smallest absolute Gasteiger partial charge is 0.335 e. The first kappa shape index (κ1) is 13.8. The van der Waals surface area contributed by atoms with E-state index in [2.05, 4.69) is 4.98 Å². The molecule has 2 rings (SSSR count). The van der Waals surface area contributed by atoms with Crippen LogP contribution in [0.15, 0.2) is 12.1 Å². The van der Waals surface area contributed by atoms with Crippen LogP contribution in [0.25, 0.3) is 0 Å². The molecule has 0 aromatic carbocycles. The summed E-state index contributed by atoms with van der Waals surface area (Å²) < 4.78 is 0. The second kappa shape index (κ2) is 6.02. The molecule has 5 nitrogen and oxygen atoms in total. The third-order valence-electron chi connectivity index (χ3n) is 3.50. The van der Waals surface area contributed by atoms with Gasteiger partial charge in [-0.3, -0.25) is 0 Å². The number of aliphatic hydroxyl groups is 1. The molecule has 1 unspecified atom stereocenters. The number of carboxylic acids is 1. The fraction of sp³-hybridized carbons (Fsp3) is 0.571. The van der Waals surface area contributed by atoms with Crippen LogP contribution in [0.4, 0.5) is 5.82 Å². The van der Waals surface area contributed by atoms with Crippen LogP contribution in [0.3, 0.4) is 0 Å². The van der Waals surface area contributed by atoms with Crippen molar-refractivity contribution in [3.05, 3.63) is 23.4 Å². The van der Waals surface area contributed by atoms with Gasteiger partial charge < -0.3 is 15.1 Å². The summed E-state index contributed by atoms with van der Waals surface area (Å²) in [5.41, 5.74) is 1.08.